The molecule has 0 aromatic carbocycles. The zero-order valence-electron chi connectivity index (χ0n) is 10.2. The van der Waals surface area contributed by atoms with E-state index in [2.05, 4.69) is 28.7 Å². The van der Waals surface area contributed by atoms with Crippen LogP contribution >= 0.6 is 12.2 Å². The molecule has 5 nitrogen and oxygen atoms in total. The number of thiocarbonyl (C=S) groups is 1. The molecule has 0 atom stereocenters. The van der Waals surface area contributed by atoms with Crippen molar-refractivity contribution in [3.05, 3.63) is 18.1 Å². The van der Waals surface area contributed by atoms with Gasteiger partial charge in [0, 0.05) is 6.54 Å². The van der Waals surface area contributed by atoms with Crippen molar-refractivity contribution in [2.45, 2.75) is 13.8 Å². The normalized spacial score (nSPS) is 10.5. The predicted molar refractivity (Wildman–Crippen MR) is 71.2 cm³/mol. The number of aromatic nitrogens is 2. The Bertz CT molecular complexity index is 368. The third kappa shape index (κ3) is 4.62. The smallest absolute Gasteiger partial charge is 0.232 e. The molecule has 0 aliphatic rings. The van der Waals surface area contributed by atoms with Crippen molar-refractivity contribution in [1.29, 1.82) is 0 Å². The van der Waals surface area contributed by atoms with Crippen LogP contribution in [0.15, 0.2) is 12.4 Å². The van der Waals surface area contributed by atoms with E-state index in [1.54, 1.807) is 6.20 Å². The maximum atomic E-state index is 5.50. The van der Waals surface area contributed by atoms with Gasteiger partial charge in [-0.1, -0.05) is 26.1 Å². The summed E-state index contributed by atoms with van der Waals surface area (Å²) in [7, 11) is 0. The number of nitrogens with two attached hydrogens (primary N) is 1. The molecule has 1 rings (SSSR count). The van der Waals surface area contributed by atoms with Crippen molar-refractivity contribution in [1.82, 2.24) is 14.9 Å². The van der Waals surface area contributed by atoms with Gasteiger partial charge in [0.1, 0.15) is 17.3 Å². The van der Waals surface area contributed by atoms with E-state index in [1.165, 1.54) is 6.20 Å². The highest BCUT2D eigenvalue weighted by molar-refractivity contribution is 7.80. The molecule has 0 fully saturated rings. The molecule has 1 aromatic rings. The van der Waals surface area contributed by atoms with Gasteiger partial charge in [0.05, 0.1) is 12.4 Å². The fourth-order valence-electron chi connectivity index (χ4n) is 1.36. The number of hydrogen-bond acceptors (Lipinski definition) is 5. The molecule has 0 aliphatic heterocycles. The Hall–Kier alpha value is -1.27. The van der Waals surface area contributed by atoms with Crippen molar-refractivity contribution >= 4 is 17.2 Å². The first kappa shape index (κ1) is 13.8. The van der Waals surface area contributed by atoms with E-state index < -0.39 is 0 Å². The third-order valence-corrected chi connectivity index (χ3v) is 2.63. The lowest BCUT2D eigenvalue weighted by molar-refractivity contribution is 0.217. The average Bonchev–Trinajstić information content (AvgIpc) is 2.35. The van der Waals surface area contributed by atoms with Gasteiger partial charge in [-0.3, -0.25) is 4.98 Å². The average molecular weight is 254 g/mol. The second-order valence-electron chi connectivity index (χ2n) is 3.48. The number of rotatable bonds is 7. The molecule has 6 heteroatoms. The van der Waals surface area contributed by atoms with Crippen LogP contribution in [0.3, 0.4) is 0 Å². The zero-order chi connectivity index (χ0) is 12.7. The maximum Gasteiger partial charge on any atom is 0.232 e. The van der Waals surface area contributed by atoms with Gasteiger partial charge in [0.25, 0.3) is 0 Å². The summed E-state index contributed by atoms with van der Waals surface area (Å²) in [6.45, 7) is 7.72. The van der Waals surface area contributed by atoms with Crippen molar-refractivity contribution in [3.8, 4) is 5.88 Å². The third-order valence-electron chi connectivity index (χ3n) is 2.42. The van der Waals surface area contributed by atoms with E-state index in [-0.39, 0.29) is 4.99 Å². The van der Waals surface area contributed by atoms with Crippen LogP contribution in [0.5, 0.6) is 5.88 Å². The largest absolute Gasteiger partial charge is 0.475 e. The summed E-state index contributed by atoms with van der Waals surface area (Å²) in [5.74, 6) is 0.461. The van der Waals surface area contributed by atoms with Gasteiger partial charge in [-0.2, -0.15) is 0 Å². The fourth-order valence-corrected chi connectivity index (χ4v) is 1.45. The SMILES string of the molecule is CCN(CC)CCOc1cncc(C(N)=S)n1. The lowest BCUT2D eigenvalue weighted by Crippen LogP contribution is -2.28. The molecular formula is C11H18N4OS. The topological polar surface area (TPSA) is 64.3 Å². The van der Waals surface area contributed by atoms with E-state index >= 15 is 0 Å². The summed E-state index contributed by atoms with van der Waals surface area (Å²) < 4.78 is 5.50. The van der Waals surface area contributed by atoms with Gasteiger partial charge in [-0.15, -0.1) is 0 Å². The molecule has 0 aliphatic carbocycles. The van der Waals surface area contributed by atoms with Crippen LogP contribution in [0.4, 0.5) is 0 Å². The summed E-state index contributed by atoms with van der Waals surface area (Å²) in [6.07, 6.45) is 3.09. The van der Waals surface area contributed by atoms with E-state index in [0.717, 1.165) is 19.6 Å². The monoisotopic (exact) mass is 254 g/mol. The molecule has 0 radical (unpaired) electrons. The predicted octanol–water partition coefficient (Wildman–Crippen LogP) is 0.831. The highest BCUT2D eigenvalue weighted by atomic mass is 32.1. The first-order chi connectivity index (χ1) is 8.17. The number of hydrogen-bond donors (Lipinski definition) is 1. The van der Waals surface area contributed by atoms with Crippen LogP contribution in [0.2, 0.25) is 0 Å². The second kappa shape index (κ2) is 7.13. The first-order valence-electron chi connectivity index (χ1n) is 5.64. The highest BCUT2D eigenvalue weighted by Crippen LogP contribution is 2.05. The summed E-state index contributed by atoms with van der Waals surface area (Å²) >= 11 is 4.82. The first-order valence-corrected chi connectivity index (χ1v) is 6.05. The zero-order valence-corrected chi connectivity index (χ0v) is 11.0. The van der Waals surface area contributed by atoms with Gasteiger partial charge in [-0.05, 0) is 13.1 Å². The minimum Gasteiger partial charge on any atom is -0.475 e. The van der Waals surface area contributed by atoms with Crippen LogP contribution in [0.1, 0.15) is 19.5 Å². The second-order valence-corrected chi connectivity index (χ2v) is 3.92. The van der Waals surface area contributed by atoms with Gasteiger partial charge in [0.15, 0.2) is 0 Å². The standard InChI is InChI=1S/C11H18N4OS/c1-3-15(4-2)5-6-16-10-8-13-7-9(14-10)11(12)17/h7-8H,3-6H2,1-2H3,(H2,12,17). The Kier molecular flexibility index (Phi) is 5.79. The molecule has 0 bridgehead atoms. The van der Waals surface area contributed by atoms with E-state index in [9.17, 15) is 0 Å². The maximum absolute atomic E-state index is 5.50. The van der Waals surface area contributed by atoms with Crippen LogP contribution in [0.25, 0.3) is 0 Å². The van der Waals surface area contributed by atoms with Crippen molar-refractivity contribution in [2.24, 2.45) is 5.73 Å². The minimum atomic E-state index is 0.228. The summed E-state index contributed by atoms with van der Waals surface area (Å²) in [4.78, 5) is 10.6. The van der Waals surface area contributed by atoms with Crippen LogP contribution < -0.4 is 10.5 Å². The van der Waals surface area contributed by atoms with Gasteiger partial charge < -0.3 is 15.4 Å². The van der Waals surface area contributed by atoms with Gasteiger partial charge in [0.2, 0.25) is 5.88 Å². The fraction of sp³-hybridized carbons (Fsp3) is 0.545. The Morgan fingerprint density at radius 3 is 2.71 bits per heavy atom. The molecule has 1 aromatic heterocycles. The Morgan fingerprint density at radius 1 is 1.41 bits per heavy atom. The van der Waals surface area contributed by atoms with Crippen molar-refractivity contribution in [3.63, 3.8) is 0 Å². The molecule has 0 spiro atoms. The molecule has 1 heterocycles. The summed E-state index contributed by atoms with van der Waals surface area (Å²) in [5, 5.41) is 0. The molecule has 94 valence electrons. The molecular weight excluding hydrogens is 236 g/mol. The van der Waals surface area contributed by atoms with Crippen LogP contribution in [-0.4, -0.2) is 46.1 Å². The molecule has 0 saturated heterocycles. The van der Waals surface area contributed by atoms with E-state index in [0.29, 0.717) is 18.2 Å². The highest BCUT2D eigenvalue weighted by Gasteiger charge is 2.03. The Labute approximate surface area is 107 Å². The summed E-state index contributed by atoms with van der Waals surface area (Å²) in [6, 6.07) is 0. The van der Waals surface area contributed by atoms with Crippen molar-refractivity contribution < 1.29 is 4.74 Å². The van der Waals surface area contributed by atoms with Crippen molar-refractivity contribution in [2.75, 3.05) is 26.2 Å². The van der Waals surface area contributed by atoms with E-state index in [1.807, 2.05) is 0 Å². The number of ether oxygens (including phenoxy) is 1. The van der Waals surface area contributed by atoms with Gasteiger partial charge >= 0.3 is 0 Å². The molecule has 0 unspecified atom stereocenters. The van der Waals surface area contributed by atoms with Crippen LogP contribution in [-0.2, 0) is 0 Å². The molecule has 0 amide bonds. The Morgan fingerprint density at radius 2 is 2.12 bits per heavy atom. The lowest BCUT2D eigenvalue weighted by Gasteiger charge is -2.17. The number of nitrogens with zero attached hydrogens (tertiary/aromatic N) is 3. The van der Waals surface area contributed by atoms with Crippen LogP contribution in [0, 0.1) is 0 Å². The minimum absolute atomic E-state index is 0.228. The molecule has 0 saturated carbocycles. The quantitative estimate of drug-likeness (QED) is 0.727. The Balaban J connectivity index is 2.46. The molecule has 17 heavy (non-hydrogen) atoms. The molecule has 2 N–H and O–H groups in total. The summed E-state index contributed by atoms with van der Waals surface area (Å²) in [5.41, 5.74) is 5.95. The van der Waals surface area contributed by atoms with E-state index in [4.69, 9.17) is 22.7 Å². The van der Waals surface area contributed by atoms with Gasteiger partial charge in [-0.25, -0.2) is 4.98 Å². The lowest BCUT2D eigenvalue weighted by atomic mass is 10.4. The number of likely N-dealkylation sites (N-methyl/N-ethyl adjacent to an activating group) is 1.